The molecule has 0 spiro atoms. The number of ketones is 1. The summed E-state index contributed by atoms with van der Waals surface area (Å²) in [7, 11) is -3.69. The Balaban J connectivity index is 1.62. The molecular formula is C41H61ClN4O7S. The molecule has 0 radical (unpaired) electrons. The van der Waals surface area contributed by atoms with E-state index in [1.54, 1.807) is 31.2 Å². The third kappa shape index (κ3) is 13.1. The molecule has 2 aromatic rings. The molecule has 1 saturated heterocycles. The van der Waals surface area contributed by atoms with E-state index in [9.17, 15) is 27.6 Å². The normalized spacial score (nSPS) is 16.1. The van der Waals surface area contributed by atoms with E-state index in [2.05, 4.69) is 17.0 Å². The van der Waals surface area contributed by atoms with E-state index in [-0.39, 0.29) is 30.3 Å². The molecule has 0 aromatic heterocycles. The number of carbonyl (C=O) groups excluding carboxylic acids is 4. The van der Waals surface area contributed by atoms with E-state index in [4.69, 9.17) is 16.3 Å². The molecule has 0 saturated carbocycles. The van der Waals surface area contributed by atoms with Crippen molar-refractivity contribution in [3.63, 3.8) is 0 Å². The number of alkyl halides is 1. The number of sulfonamides is 1. The molecule has 2 aromatic carbocycles. The van der Waals surface area contributed by atoms with Crippen LogP contribution in [-0.4, -0.2) is 65.4 Å². The van der Waals surface area contributed by atoms with Crippen molar-refractivity contribution in [2.24, 2.45) is 5.41 Å². The molecule has 2 atom stereocenters. The van der Waals surface area contributed by atoms with Crippen molar-refractivity contribution in [2.75, 3.05) is 22.4 Å². The summed E-state index contributed by atoms with van der Waals surface area (Å²) in [6, 6.07) is 13.9. The number of nitrogens with zero attached hydrogens (tertiary/aromatic N) is 2. The number of imide groups is 1. The fourth-order valence-electron chi connectivity index (χ4n) is 6.49. The fraction of sp³-hybridized carbons (Fsp3) is 0.610. The van der Waals surface area contributed by atoms with Crippen molar-refractivity contribution in [3.05, 3.63) is 60.2 Å². The predicted molar refractivity (Wildman–Crippen MR) is 215 cm³/mol. The van der Waals surface area contributed by atoms with E-state index in [0.717, 1.165) is 24.2 Å². The zero-order valence-electron chi connectivity index (χ0n) is 32.8. The van der Waals surface area contributed by atoms with Gasteiger partial charge in [0, 0.05) is 17.7 Å². The van der Waals surface area contributed by atoms with Crippen LogP contribution in [0, 0.1) is 5.41 Å². The number of hydrogen-bond acceptors (Lipinski definition) is 7. The summed E-state index contributed by atoms with van der Waals surface area (Å²) in [6.07, 6.45) is 14.9. The van der Waals surface area contributed by atoms with E-state index >= 15 is 0 Å². The number of benzene rings is 2. The first kappa shape index (κ1) is 44.9. The van der Waals surface area contributed by atoms with E-state index in [1.807, 2.05) is 6.07 Å². The first-order chi connectivity index (χ1) is 25.7. The number of Topliss-reactive ketones (excluding diaryl/α,β-unsaturated/α-hetero) is 1. The number of carbonyl (C=O) groups is 4. The third-order valence-corrected chi connectivity index (χ3v) is 11.3. The molecule has 4 amide bonds. The second-order valence-corrected chi connectivity index (χ2v) is 17.5. The maximum absolute atomic E-state index is 14.1. The molecule has 300 valence electrons. The van der Waals surface area contributed by atoms with Crippen LogP contribution in [0.3, 0.4) is 0 Å². The molecule has 2 unspecified atom stereocenters. The third-order valence-electron chi connectivity index (χ3n) is 9.42. The summed E-state index contributed by atoms with van der Waals surface area (Å²) in [5.41, 5.74) is -0.275. The van der Waals surface area contributed by atoms with Crippen molar-refractivity contribution in [3.8, 4) is 0 Å². The summed E-state index contributed by atoms with van der Waals surface area (Å²) >= 11 is 6.93. The first-order valence-corrected chi connectivity index (χ1v) is 21.6. The molecule has 1 aliphatic heterocycles. The molecule has 0 bridgehead atoms. The van der Waals surface area contributed by atoms with Gasteiger partial charge in [0.1, 0.15) is 0 Å². The van der Waals surface area contributed by atoms with Gasteiger partial charge < -0.3 is 10.1 Å². The Morgan fingerprint density at radius 1 is 0.778 bits per heavy atom. The number of hydrogen-bond donors (Lipinski definition) is 2. The summed E-state index contributed by atoms with van der Waals surface area (Å²) in [4.78, 5) is 54.6. The molecular weight excluding hydrogens is 728 g/mol. The maximum Gasteiger partial charge on any atom is 0.331 e. The second-order valence-electron chi connectivity index (χ2n) is 15.1. The SMILES string of the molecule is CCCCCCCCCCCCCCCCS(=O)(=O)Nc1cccc(NC(=O)C(Cl)(C(=O)C(C)(C)C)N2C(=O)C(OCC)N(Cc3ccccc3)C2=O)c1. The van der Waals surface area contributed by atoms with E-state index in [1.165, 1.54) is 109 Å². The van der Waals surface area contributed by atoms with Crippen LogP contribution in [0.2, 0.25) is 0 Å². The summed E-state index contributed by atoms with van der Waals surface area (Å²) in [6.45, 7) is 8.51. The van der Waals surface area contributed by atoms with Crippen LogP contribution in [-0.2, 0) is 35.7 Å². The number of amides is 4. The number of ether oxygens (including phenoxy) is 1. The van der Waals surface area contributed by atoms with Crippen molar-refractivity contribution >= 4 is 56.6 Å². The molecule has 3 rings (SSSR count). The highest BCUT2D eigenvalue weighted by atomic mass is 35.5. The van der Waals surface area contributed by atoms with Crippen LogP contribution >= 0.6 is 11.6 Å². The summed E-state index contributed by atoms with van der Waals surface area (Å²) < 4.78 is 34.1. The van der Waals surface area contributed by atoms with Gasteiger partial charge in [0.15, 0.2) is 5.78 Å². The van der Waals surface area contributed by atoms with E-state index < -0.39 is 50.3 Å². The number of halogens is 1. The van der Waals surface area contributed by atoms with Gasteiger partial charge in [-0.1, -0.05) is 159 Å². The molecule has 1 fully saturated rings. The Morgan fingerprint density at radius 2 is 1.31 bits per heavy atom. The van der Waals surface area contributed by atoms with Crippen molar-refractivity contribution in [1.82, 2.24) is 9.80 Å². The zero-order valence-corrected chi connectivity index (χ0v) is 34.4. The lowest BCUT2D eigenvalue weighted by Gasteiger charge is -2.36. The summed E-state index contributed by atoms with van der Waals surface area (Å²) in [5.74, 6) is -3.04. The first-order valence-electron chi connectivity index (χ1n) is 19.6. The lowest BCUT2D eigenvalue weighted by Crippen LogP contribution is -2.63. The maximum atomic E-state index is 14.1. The Hall–Kier alpha value is -3.48. The van der Waals surface area contributed by atoms with Crippen LogP contribution in [0.25, 0.3) is 0 Å². The number of anilines is 2. The van der Waals surface area contributed by atoms with Gasteiger partial charge in [0.05, 0.1) is 18.0 Å². The van der Waals surface area contributed by atoms with Gasteiger partial charge in [0.25, 0.3) is 16.8 Å². The zero-order chi connectivity index (χ0) is 39.8. The average molecular weight is 789 g/mol. The molecule has 13 heteroatoms. The Labute approximate surface area is 328 Å². The molecule has 1 aliphatic rings. The molecule has 54 heavy (non-hydrogen) atoms. The molecule has 0 aliphatic carbocycles. The molecule has 1 heterocycles. The minimum atomic E-state index is -3.69. The Morgan fingerprint density at radius 3 is 1.85 bits per heavy atom. The number of rotatable bonds is 25. The lowest BCUT2D eigenvalue weighted by atomic mass is 9.85. The van der Waals surface area contributed by atoms with Crippen molar-refractivity contribution in [1.29, 1.82) is 0 Å². The smallest absolute Gasteiger partial charge is 0.331 e. The molecule has 2 N–H and O–H groups in total. The van der Waals surface area contributed by atoms with Gasteiger partial charge in [-0.15, -0.1) is 0 Å². The van der Waals surface area contributed by atoms with Gasteiger partial charge in [-0.05, 0) is 37.1 Å². The van der Waals surface area contributed by atoms with Crippen LogP contribution in [0.15, 0.2) is 54.6 Å². The molecule has 11 nitrogen and oxygen atoms in total. The number of nitrogens with one attached hydrogen (secondary N) is 2. The van der Waals surface area contributed by atoms with Gasteiger partial charge in [-0.3, -0.25) is 24.0 Å². The topological polar surface area (TPSA) is 142 Å². The van der Waals surface area contributed by atoms with Crippen LogP contribution < -0.4 is 10.0 Å². The Bertz CT molecular complexity index is 1630. The Kier molecular flexibility index (Phi) is 17.9. The minimum Gasteiger partial charge on any atom is -0.350 e. The second kappa shape index (κ2) is 21.6. The fourth-order valence-corrected chi connectivity index (χ4v) is 8.15. The largest absolute Gasteiger partial charge is 0.350 e. The van der Waals surface area contributed by atoms with Crippen LogP contribution in [0.1, 0.15) is 130 Å². The highest BCUT2D eigenvalue weighted by molar-refractivity contribution is 7.92. The average Bonchev–Trinajstić information content (AvgIpc) is 3.35. The highest BCUT2D eigenvalue weighted by Gasteiger charge is 2.63. The lowest BCUT2D eigenvalue weighted by molar-refractivity contribution is -0.151. The van der Waals surface area contributed by atoms with Gasteiger partial charge in [0.2, 0.25) is 16.3 Å². The number of unbranched alkanes of at least 4 members (excludes halogenated alkanes) is 13. The quantitative estimate of drug-likeness (QED) is 0.0336. The van der Waals surface area contributed by atoms with Crippen molar-refractivity contribution in [2.45, 2.75) is 142 Å². The van der Waals surface area contributed by atoms with E-state index in [0.29, 0.717) is 16.9 Å². The van der Waals surface area contributed by atoms with Crippen LogP contribution in [0.4, 0.5) is 16.2 Å². The predicted octanol–water partition coefficient (Wildman–Crippen LogP) is 9.23. The van der Waals surface area contributed by atoms with Gasteiger partial charge in [-0.2, -0.15) is 0 Å². The van der Waals surface area contributed by atoms with Crippen molar-refractivity contribution < 1.29 is 32.3 Å². The number of urea groups is 1. The minimum absolute atomic E-state index is 0.0353. The standard InChI is InChI=1S/C41H61ClN4O7S/c1-6-8-9-10-11-12-13-14-15-16-17-18-19-23-29-54(51,52)44-34-28-24-27-33(30-34)43-38(49)41(42,37(48)40(3,4)5)46-35(47)36(53-7-2)45(39(46)50)31-32-25-21-20-22-26-32/h20-22,24-28,30,36,44H,6-19,23,29,31H2,1-5H3,(H,43,49). The highest BCUT2D eigenvalue weighted by Crippen LogP contribution is 2.38. The summed E-state index contributed by atoms with van der Waals surface area (Å²) in [5, 5.41) is 2.56. The van der Waals surface area contributed by atoms with Gasteiger partial charge >= 0.3 is 6.03 Å². The monoisotopic (exact) mass is 788 g/mol. The van der Waals surface area contributed by atoms with Crippen LogP contribution in [0.5, 0.6) is 0 Å². The van der Waals surface area contributed by atoms with Gasteiger partial charge in [-0.25, -0.2) is 18.1 Å².